The topological polar surface area (TPSA) is 131 Å². The summed E-state index contributed by atoms with van der Waals surface area (Å²) in [7, 11) is -4.44. The first-order valence-corrected chi connectivity index (χ1v) is 23.2. The lowest BCUT2D eigenvalue weighted by Crippen LogP contribution is -2.27. The van der Waals surface area contributed by atoms with Gasteiger partial charge in [-0.1, -0.05) is 150 Å². The van der Waals surface area contributed by atoms with Gasteiger partial charge in [-0.05, 0) is 89.9 Å². The molecule has 0 aromatic rings. The number of nitrogens with one attached hydrogen (secondary N) is 1. The molecule has 0 spiro atoms. The maximum atomic E-state index is 12.1. The van der Waals surface area contributed by atoms with E-state index in [1.54, 1.807) is 0 Å². The molecular formula is C47H78NO8P. The summed E-state index contributed by atoms with van der Waals surface area (Å²) in [6, 6.07) is 0. The Labute approximate surface area is 346 Å². The number of amides is 1. The molecule has 0 saturated carbocycles. The first kappa shape index (κ1) is 53.9. The minimum Gasteiger partial charge on any atom is -0.463 e. The molecule has 3 N–H and O–H groups in total. The van der Waals surface area contributed by atoms with Crippen LogP contribution >= 0.6 is 7.82 Å². The predicted octanol–water partition coefficient (Wildman–Crippen LogP) is 12.2. The minimum atomic E-state index is -4.44. The van der Waals surface area contributed by atoms with Crippen molar-refractivity contribution in [1.82, 2.24) is 5.32 Å². The molecule has 0 radical (unpaired) electrons. The van der Waals surface area contributed by atoms with Crippen LogP contribution in [0.15, 0.2) is 97.2 Å². The maximum absolute atomic E-state index is 12.1. The molecule has 10 heteroatoms. The summed E-state index contributed by atoms with van der Waals surface area (Å²) in [6.07, 6.45) is 54.9. The van der Waals surface area contributed by atoms with Crippen LogP contribution in [0.2, 0.25) is 0 Å². The SMILES string of the molecule is CC/C=C\C/C=C\C/C=C\C/C=C\C/C=C\C/C=C\C/C=C\CCCC(=O)NCCOP(=O)(O)OCC(O)COC(=O)CCCCCCC/C=C\CCCCCC. The third-order valence-corrected chi connectivity index (χ3v) is 9.48. The Morgan fingerprint density at radius 1 is 0.561 bits per heavy atom. The van der Waals surface area contributed by atoms with E-state index in [-0.39, 0.29) is 32.1 Å². The zero-order chi connectivity index (χ0) is 41.8. The average Bonchev–Trinajstić information content (AvgIpc) is 3.20. The van der Waals surface area contributed by atoms with Crippen LogP contribution in [0, 0.1) is 0 Å². The van der Waals surface area contributed by atoms with Gasteiger partial charge in [0.1, 0.15) is 12.7 Å². The highest BCUT2D eigenvalue weighted by Crippen LogP contribution is 2.42. The zero-order valence-electron chi connectivity index (χ0n) is 35.5. The molecule has 324 valence electrons. The van der Waals surface area contributed by atoms with Crippen LogP contribution in [0.5, 0.6) is 0 Å². The van der Waals surface area contributed by atoms with E-state index in [0.717, 1.165) is 89.9 Å². The molecule has 57 heavy (non-hydrogen) atoms. The number of esters is 1. The fourth-order valence-corrected chi connectivity index (χ4v) is 6.00. The smallest absolute Gasteiger partial charge is 0.463 e. The van der Waals surface area contributed by atoms with Crippen molar-refractivity contribution in [2.75, 3.05) is 26.4 Å². The molecule has 0 heterocycles. The van der Waals surface area contributed by atoms with E-state index < -0.39 is 26.5 Å². The summed E-state index contributed by atoms with van der Waals surface area (Å²) in [5, 5.41) is 12.6. The van der Waals surface area contributed by atoms with Crippen molar-refractivity contribution in [1.29, 1.82) is 0 Å². The first-order chi connectivity index (χ1) is 27.8. The summed E-state index contributed by atoms with van der Waals surface area (Å²) in [5.41, 5.74) is 0. The number of rotatable bonds is 39. The molecule has 0 aliphatic rings. The third kappa shape index (κ3) is 43.9. The largest absolute Gasteiger partial charge is 0.472 e. The van der Waals surface area contributed by atoms with Crippen molar-refractivity contribution < 1.29 is 37.9 Å². The zero-order valence-corrected chi connectivity index (χ0v) is 36.4. The van der Waals surface area contributed by atoms with Crippen molar-refractivity contribution in [2.24, 2.45) is 0 Å². The lowest BCUT2D eigenvalue weighted by atomic mass is 10.1. The van der Waals surface area contributed by atoms with Crippen LogP contribution in [-0.2, 0) is 27.9 Å². The van der Waals surface area contributed by atoms with E-state index >= 15 is 0 Å². The monoisotopic (exact) mass is 816 g/mol. The molecule has 0 fully saturated rings. The van der Waals surface area contributed by atoms with E-state index in [1.807, 2.05) is 0 Å². The van der Waals surface area contributed by atoms with Crippen LogP contribution in [0.1, 0.15) is 155 Å². The van der Waals surface area contributed by atoms with Gasteiger partial charge in [0, 0.05) is 19.4 Å². The van der Waals surface area contributed by atoms with Crippen LogP contribution in [0.25, 0.3) is 0 Å². The van der Waals surface area contributed by atoms with Crippen LogP contribution in [0.4, 0.5) is 0 Å². The number of ether oxygens (including phenoxy) is 1. The molecule has 2 atom stereocenters. The Kier molecular flexibility index (Phi) is 40.2. The first-order valence-electron chi connectivity index (χ1n) is 21.7. The second-order valence-corrected chi connectivity index (χ2v) is 15.4. The second-order valence-electron chi connectivity index (χ2n) is 13.9. The standard InChI is InChI=1S/C47H78NO8P/c1-3-5-7-9-11-13-15-17-18-19-20-21-22-23-24-25-26-28-29-31-33-35-37-39-46(50)48-41-42-55-57(52,53)56-44-45(49)43-54-47(51)40-38-36-34-32-30-27-16-14-12-10-8-6-4-2/h5,7,11,13-14,16-18,20-21,23-24,26,28,31,33,45,49H,3-4,6,8-10,12,15,19,22,25,27,29-30,32,34-44H2,1-2H3,(H,48,50)(H,52,53)/b7-5-,13-11-,16-14-,18-17-,21-20-,24-23-,28-26-,33-31-. The van der Waals surface area contributed by atoms with Crippen molar-refractivity contribution in [3.8, 4) is 0 Å². The van der Waals surface area contributed by atoms with E-state index in [0.29, 0.717) is 12.8 Å². The number of phosphoric acid groups is 1. The van der Waals surface area contributed by atoms with E-state index in [1.165, 1.54) is 32.1 Å². The van der Waals surface area contributed by atoms with Crippen molar-refractivity contribution in [3.05, 3.63) is 97.2 Å². The molecule has 0 aromatic heterocycles. The number of carbonyl (C=O) groups is 2. The van der Waals surface area contributed by atoms with Gasteiger partial charge in [-0.2, -0.15) is 0 Å². The van der Waals surface area contributed by atoms with Gasteiger partial charge in [0.05, 0.1) is 13.2 Å². The normalized spacial score (nSPS) is 14.2. The van der Waals surface area contributed by atoms with Gasteiger partial charge in [-0.3, -0.25) is 18.6 Å². The van der Waals surface area contributed by atoms with Gasteiger partial charge in [0.25, 0.3) is 0 Å². The fraction of sp³-hybridized carbons (Fsp3) is 0.617. The number of unbranched alkanes of at least 4 members (excludes halogenated alkanes) is 10. The number of carbonyl (C=O) groups excluding carboxylic acids is 2. The molecule has 0 aliphatic carbocycles. The molecule has 9 nitrogen and oxygen atoms in total. The number of aliphatic hydroxyl groups is 1. The number of aliphatic hydroxyl groups excluding tert-OH is 1. The molecule has 1 amide bonds. The third-order valence-electron chi connectivity index (χ3n) is 8.50. The van der Waals surface area contributed by atoms with E-state index in [4.69, 9.17) is 13.8 Å². The Bertz CT molecular complexity index is 1250. The Morgan fingerprint density at radius 3 is 1.56 bits per heavy atom. The molecule has 0 bridgehead atoms. The van der Waals surface area contributed by atoms with Crippen molar-refractivity contribution in [2.45, 2.75) is 161 Å². The molecular weight excluding hydrogens is 737 g/mol. The van der Waals surface area contributed by atoms with Crippen molar-refractivity contribution >= 4 is 19.7 Å². The average molecular weight is 816 g/mol. The van der Waals surface area contributed by atoms with Gasteiger partial charge < -0.3 is 20.1 Å². The Balaban J connectivity index is 3.74. The van der Waals surface area contributed by atoms with Gasteiger partial charge in [0.2, 0.25) is 5.91 Å². The fourth-order valence-electron chi connectivity index (χ4n) is 5.24. The predicted molar refractivity (Wildman–Crippen MR) is 238 cm³/mol. The van der Waals surface area contributed by atoms with E-state index in [9.17, 15) is 24.2 Å². The number of hydrogen-bond acceptors (Lipinski definition) is 7. The number of hydrogen-bond donors (Lipinski definition) is 3. The Hall–Kier alpha value is -3.07. The summed E-state index contributed by atoms with van der Waals surface area (Å²) in [5.74, 6) is -0.595. The number of allylic oxidation sites excluding steroid dienone is 16. The molecule has 0 rings (SSSR count). The van der Waals surface area contributed by atoms with Gasteiger partial charge >= 0.3 is 13.8 Å². The van der Waals surface area contributed by atoms with Crippen LogP contribution in [0.3, 0.4) is 0 Å². The molecule has 0 aromatic carbocycles. The van der Waals surface area contributed by atoms with Crippen LogP contribution < -0.4 is 5.32 Å². The summed E-state index contributed by atoms with van der Waals surface area (Å²) in [4.78, 5) is 33.9. The quantitative estimate of drug-likeness (QED) is 0.0242. The molecule has 0 saturated heterocycles. The Morgan fingerprint density at radius 2 is 1.02 bits per heavy atom. The molecule has 0 aliphatic heterocycles. The summed E-state index contributed by atoms with van der Waals surface area (Å²) < 4.78 is 26.8. The highest BCUT2D eigenvalue weighted by molar-refractivity contribution is 7.47. The summed E-state index contributed by atoms with van der Waals surface area (Å²) in [6.45, 7) is 3.31. The van der Waals surface area contributed by atoms with Crippen molar-refractivity contribution in [3.63, 3.8) is 0 Å². The second kappa shape index (κ2) is 42.5. The highest BCUT2D eigenvalue weighted by Gasteiger charge is 2.23. The van der Waals surface area contributed by atoms with Gasteiger partial charge in [0.15, 0.2) is 0 Å². The molecule has 2 unspecified atom stereocenters. The summed E-state index contributed by atoms with van der Waals surface area (Å²) >= 11 is 0. The lowest BCUT2D eigenvalue weighted by Gasteiger charge is -2.15. The van der Waals surface area contributed by atoms with E-state index in [2.05, 4.69) is 116 Å². The van der Waals surface area contributed by atoms with Gasteiger partial charge in [-0.25, -0.2) is 4.57 Å². The highest BCUT2D eigenvalue weighted by atomic mass is 31.2. The number of phosphoric ester groups is 1. The van der Waals surface area contributed by atoms with Gasteiger partial charge in [-0.15, -0.1) is 0 Å². The van der Waals surface area contributed by atoms with Crippen LogP contribution in [-0.4, -0.2) is 54.3 Å². The maximum Gasteiger partial charge on any atom is 0.472 e. The minimum absolute atomic E-state index is 0.0433. The lowest BCUT2D eigenvalue weighted by molar-refractivity contribution is -0.147.